The van der Waals surface area contributed by atoms with Crippen molar-refractivity contribution in [3.63, 3.8) is 0 Å². The van der Waals surface area contributed by atoms with Crippen LogP contribution in [0.3, 0.4) is 0 Å². The van der Waals surface area contributed by atoms with Gasteiger partial charge in [-0.3, -0.25) is 9.69 Å². The number of aliphatic carboxylic acids is 1. The molecule has 0 aliphatic carbocycles. The number of hydrogen-bond donors (Lipinski definition) is 1. The molecular formula is C20H32N2O2. The van der Waals surface area contributed by atoms with E-state index in [9.17, 15) is 4.79 Å². The molecule has 0 radical (unpaired) electrons. The molecule has 1 aliphatic rings. The molecule has 0 saturated carbocycles. The van der Waals surface area contributed by atoms with E-state index in [0.29, 0.717) is 6.04 Å². The van der Waals surface area contributed by atoms with Crippen LogP contribution in [-0.2, 0) is 16.6 Å². The second-order valence-corrected chi connectivity index (χ2v) is 8.08. The third-order valence-electron chi connectivity index (χ3n) is 5.10. The average Bonchev–Trinajstić information content (AvgIpc) is 2.52. The minimum Gasteiger partial charge on any atom is -0.480 e. The molecule has 1 aromatic rings. The van der Waals surface area contributed by atoms with Crippen LogP contribution in [0.25, 0.3) is 0 Å². The highest BCUT2D eigenvalue weighted by atomic mass is 16.4. The van der Waals surface area contributed by atoms with Crippen molar-refractivity contribution >= 4 is 5.97 Å². The molecule has 1 heterocycles. The zero-order chi connectivity index (χ0) is 17.7. The molecule has 0 amide bonds. The van der Waals surface area contributed by atoms with Gasteiger partial charge in [0.05, 0.1) is 6.54 Å². The Kier molecular flexibility index (Phi) is 6.41. The largest absolute Gasteiger partial charge is 0.480 e. The summed E-state index contributed by atoms with van der Waals surface area (Å²) < 4.78 is 0. The number of hydrogen-bond acceptors (Lipinski definition) is 3. The Balaban J connectivity index is 1.75. The van der Waals surface area contributed by atoms with Crippen LogP contribution >= 0.6 is 0 Å². The third-order valence-corrected chi connectivity index (χ3v) is 5.10. The van der Waals surface area contributed by atoms with Gasteiger partial charge in [0.15, 0.2) is 0 Å². The Bertz CT molecular complexity index is 526. The molecule has 0 unspecified atom stereocenters. The average molecular weight is 332 g/mol. The molecule has 1 aromatic carbocycles. The summed E-state index contributed by atoms with van der Waals surface area (Å²) in [5.74, 6) is -0.737. The molecule has 4 heteroatoms. The van der Waals surface area contributed by atoms with E-state index in [1.807, 2.05) is 11.9 Å². The van der Waals surface area contributed by atoms with Crippen molar-refractivity contribution in [3.05, 3.63) is 35.4 Å². The highest BCUT2D eigenvalue weighted by Crippen LogP contribution is 2.22. The number of rotatable bonds is 6. The second kappa shape index (κ2) is 8.13. The molecule has 24 heavy (non-hydrogen) atoms. The highest BCUT2D eigenvalue weighted by molar-refractivity contribution is 5.69. The van der Waals surface area contributed by atoms with Crippen LogP contribution in [0.5, 0.6) is 0 Å². The van der Waals surface area contributed by atoms with Crippen LogP contribution in [0.2, 0.25) is 0 Å². The molecule has 0 spiro atoms. The minimum absolute atomic E-state index is 0.144. The van der Waals surface area contributed by atoms with Crippen LogP contribution in [0.15, 0.2) is 24.3 Å². The van der Waals surface area contributed by atoms with E-state index in [1.54, 1.807) is 0 Å². The predicted molar refractivity (Wildman–Crippen MR) is 98.6 cm³/mol. The third kappa shape index (κ3) is 5.60. The van der Waals surface area contributed by atoms with Crippen LogP contribution in [-0.4, -0.2) is 60.1 Å². The summed E-state index contributed by atoms with van der Waals surface area (Å²) in [6.45, 7) is 10.1. The Labute approximate surface area is 146 Å². The molecule has 1 aliphatic heterocycles. The molecule has 1 saturated heterocycles. The lowest BCUT2D eigenvalue weighted by Crippen LogP contribution is -2.45. The first-order chi connectivity index (χ1) is 11.3. The molecule has 1 N–H and O–H groups in total. The van der Waals surface area contributed by atoms with E-state index in [1.165, 1.54) is 11.1 Å². The number of likely N-dealkylation sites (tertiary alicyclic amines) is 1. The lowest BCUT2D eigenvalue weighted by atomic mass is 9.86. The maximum absolute atomic E-state index is 10.8. The first-order valence-electron chi connectivity index (χ1n) is 8.99. The van der Waals surface area contributed by atoms with E-state index < -0.39 is 5.97 Å². The maximum Gasteiger partial charge on any atom is 0.317 e. The maximum atomic E-state index is 10.8. The monoisotopic (exact) mass is 332 g/mol. The topological polar surface area (TPSA) is 43.8 Å². The van der Waals surface area contributed by atoms with E-state index >= 15 is 0 Å². The van der Waals surface area contributed by atoms with Gasteiger partial charge in [-0.25, -0.2) is 0 Å². The number of likely N-dealkylation sites (N-methyl/N-ethyl adjacent to an activating group) is 1. The first kappa shape index (κ1) is 18.9. The molecular weight excluding hydrogens is 300 g/mol. The summed E-state index contributed by atoms with van der Waals surface area (Å²) in [6, 6.07) is 9.43. The Morgan fingerprint density at radius 3 is 2.29 bits per heavy atom. The van der Waals surface area contributed by atoms with Crippen molar-refractivity contribution in [3.8, 4) is 0 Å². The van der Waals surface area contributed by atoms with Crippen molar-refractivity contribution < 1.29 is 9.90 Å². The zero-order valence-electron chi connectivity index (χ0n) is 15.6. The van der Waals surface area contributed by atoms with Gasteiger partial charge in [0.2, 0.25) is 0 Å². The minimum atomic E-state index is -0.737. The van der Waals surface area contributed by atoms with Gasteiger partial charge in [-0.05, 0) is 55.9 Å². The lowest BCUT2D eigenvalue weighted by molar-refractivity contribution is -0.138. The van der Waals surface area contributed by atoms with Crippen molar-refractivity contribution in [2.24, 2.45) is 0 Å². The second-order valence-electron chi connectivity index (χ2n) is 8.08. The highest BCUT2D eigenvalue weighted by Gasteiger charge is 2.23. The number of carboxylic acid groups (broad SMARTS) is 1. The number of piperidine rings is 1. The van der Waals surface area contributed by atoms with Gasteiger partial charge < -0.3 is 10.0 Å². The standard InChI is InChI=1S/C20H32N2O2/c1-20(2,3)17-7-5-16(6-8-17)9-12-22-13-10-18(11-14-22)21(4)15-19(23)24/h5-8,18H,9-15H2,1-4H3,(H,23,24). The lowest BCUT2D eigenvalue weighted by Gasteiger charge is -2.36. The number of nitrogens with zero attached hydrogens (tertiary/aromatic N) is 2. The van der Waals surface area contributed by atoms with Crippen LogP contribution < -0.4 is 0 Å². The van der Waals surface area contributed by atoms with Crippen molar-refractivity contribution in [2.45, 2.75) is 51.5 Å². The summed E-state index contributed by atoms with van der Waals surface area (Å²) >= 11 is 0. The number of carbonyl (C=O) groups is 1. The van der Waals surface area contributed by atoms with Gasteiger partial charge in [0.25, 0.3) is 0 Å². The normalized spacial score (nSPS) is 17.4. The smallest absolute Gasteiger partial charge is 0.317 e. The summed E-state index contributed by atoms with van der Waals surface area (Å²) in [6.07, 6.45) is 3.21. The Hall–Kier alpha value is -1.39. The molecule has 1 fully saturated rings. The number of benzene rings is 1. The summed E-state index contributed by atoms with van der Waals surface area (Å²) in [4.78, 5) is 15.3. The van der Waals surface area contributed by atoms with Gasteiger partial charge in [-0.15, -0.1) is 0 Å². The van der Waals surface area contributed by atoms with E-state index in [4.69, 9.17) is 5.11 Å². The predicted octanol–water partition coefficient (Wildman–Crippen LogP) is 3.01. The number of carboxylic acids is 1. The van der Waals surface area contributed by atoms with E-state index in [-0.39, 0.29) is 12.0 Å². The summed E-state index contributed by atoms with van der Waals surface area (Å²) in [7, 11) is 1.92. The van der Waals surface area contributed by atoms with Gasteiger partial charge in [-0.2, -0.15) is 0 Å². The Morgan fingerprint density at radius 1 is 1.21 bits per heavy atom. The van der Waals surface area contributed by atoms with Gasteiger partial charge in [0.1, 0.15) is 0 Å². The Morgan fingerprint density at radius 2 is 1.79 bits per heavy atom. The molecule has 0 aromatic heterocycles. The molecule has 0 atom stereocenters. The van der Waals surface area contributed by atoms with Crippen molar-refractivity contribution in [1.82, 2.24) is 9.80 Å². The van der Waals surface area contributed by atoms with E-state index in [0.717, 1.165) is 38.9 Å². The van der Waals surface area contributed by atoms with Crippen LogP contribution in [0.1, 0.15) is 44.7 Å². The quantitative estimate of drug-likeness (QED) is 0.870. The molecule has 0 bridgehead atoms. The van der Waals surface area contributed by atoms with Gasteiger partial charge in [-0.1, -0.05) is 45.0 Å². The molecule has 4 nitrogen and oxygen atoms in total. The zero-order valence-corrected chi connectivity index (χ0v) is 15.6. The van der Waals surface area contributed by atoms with E-state index in [2.05, 4.69) is 49.9 Å². The van der Waals surface area contributed by atoms with Crippen LogP contribution in [0.4, 0.5) is 0 Å². The fourth-order valence-corrected chi connectivity index (χ4v) is 3.38. The van der Waals surface area contributed by atoms with Crippen LogP contribution in [0, 0.1) is 0 Å². The molecule has 134 valence electrons. The summed E-state index contributed by atoms with van der Waals surface area (Å²) in [5.41, 5.74) is 2.99. The molecule has 2 rings (SSSR count). The van der Waals surface area contributed by atoms with Gasteiger partial charge >= 0.3 is 5.97 Å². The first-order valence-corrected chi connectivity index (χ1v) is 8.99. The summed E-state index contributed by atoms with van der Waals surface area (Å²) in [5, 5.41) is 8.89. The van der Waals surface area contributed by atoms with Gasteiger partial charge in [0, 0.05) is 12.6 Å². The van der Waals surface area contributed by atoms with Crippen molar-refractivity contribution in [1.29, 1.82) is 0 Å². The SMILES string of the molecule is CN(CC(=O)O)C1CCN(CCc2ccc(C(C)(C)C)cc2)CC1. The fourth-order valence-electron chi connectivity index (χ4n) is 3.38. The fraction of sp³-hybridized carbons (Fsp3) is 0.650. The van der Waals surface area contributed by atoms with Crippen molar-refractivity contribution in [2.75, 3.05) is 33.2 Å².